The van der Waals surface area contributed by atoms with E-state index in [-0.39, 0.29) is 23.8 Å². The Bertz CT molecular complexity index is 680. The number of amides is 2. The fourth-order valence-corrected chi connectivity index (χ4v) is 4.32. The van der Waals surface area contributed by atoms with Crippen LogP contribution in [0.3, 0.4) is 0 Å². The third-order valence-electron chi connectivity index (χ3n) is 5.01. The summed E-state index contributed by atoms with van der Waals surface area (Å²) in [4.78, 5) is 30.3. The lowest BCUT2D eigenvalue weighted by molar-refractivity contribution is -0.139. The minimum Gasteiger partial charge on any atom is -0.335 e. The van der Waals surface area contributed by atoms with E-state index in [9.17, 15) is 9.59 Å². The summed E-state index contributed by atoms with van der Waals surface area (Å²) in [6.07, 6.45) is 5.65. The molecule has 0 aromatic carbocycles. The van der Waals surface area contributed by atoms with Gasteiger partial charge in [-0.05, 0) is 44.6 Å². The fourth-order valence-electron chi connectivity index (χ4n) is 3.64. The van der Waals surface area contributed by atoms with Crippen molar-refractivity contribution in [1.29, 1.82) is 0 Å². The van der Waals surface area contributed by atoms with Crippen molar-refractivity contribution in [2.45, 2.75) is 52.5 Å². The molecule has 0 aliphatic carbocycles. The van der Waals surface area contributed by atoms with E-state index in [1.54, 1.807) is 0 Å². The van der Waals surface area contributed by atoms with E-state index in [1.165, 1.54) is 17.1 Å². The molecule has 6 nitrogen and oxygen atoms in total. The quantitative estimate of drug-likeness (QED) is 0.755. The molecule has 2 amide bonds. The highest BCUT2D eigenvalue weighted by atomic mass is 32.1. The first kappa shape index (κ1) is 18.0. The Morgan fingerprint density at radius 1 is 1.32 bits per heavy atom. The van der Waals surface area contributed by atoms with Crippen LogP contribution < -0.4 is 0 Å². The van der Waals surface area contributed by atoms with Gasteiger partial charge in [0, 0.05) is 25.7 Å². The molecule has 0 spiro atoms. The Labute approximate surface area is 153 Å². The molecule has 3 aliphatic heterocycles. The van der Waals surface area contributed by atoms with Gasteiger partial charge in [0.1, 0.15) is 4.88 Å². The zero-order chi connectivity index (χ0) is 18.0. The highest BCUT2D eigenvalue weighted by molar-refractivity contribution is 7.08. The van der Waals surface area contributed by atoms with Crippen molar-refractivity contribution in [1.82, 2.24) is 19.4 Å². The second-order valence-electron chi connectivity index (χ2n) is 7.21. The normalized spacial score (nSPS) is 22.9. The van der Waals surface area contributed by atoms with Crippen molar-refractivity contribution in [3.05, 3.63) is 22.2 Å². The summed E-state index contributed by atoms with van der Waals surface area (Å²) in [6, 6.07) is 0.112. The minimum absolute atomic E-state index is 0.00721. The summed E-state index contributed by atoms with van der Waals surface area (Å²) in [7, 11) is 0. The van der Waals surface area contributed by atoms with Crippen LogP contribution in [0.5, 0.6) is 0 Å². The largest absolute Gasteiger partial charge is 0.335 e. The SMILES string of the molecule is CCCc1nnsc1C(=O)N1C[C@@H]2CC[C@H](C1)N(CC=C(C)C)C2=O. The predicted octanol–water partition coefficient (Wildman–Crippen LogP) is 2.52. The van der Waals surface area contributed by atoms with E-state index in [2.05, 4.69) is 22.6 Å². The van der Waals surface area contributed by atoms with Gasteiger partial charge in [0.25, 0.3) is 5.91 Å². The second-order valence-corrected chi connectivity index (χ2v) is 7.96. The van der Waals surface area contributed by atoms with Crippen LogP contribution in [-0.2, 0) is 11.2 Å². The van der Waals surface area contributed by atoms with Crippen molar-refractivity contribution >= 4 is 23.3 Å². The van der Waals surface area contributed by atoms with Crippen molar-refractivity contribution in [3.8, 4) is 0 Å². The maximum atomic E-state index is 13.0. The number of allylic oxidation sites excluding steroid dienone is 1. The molecule has 7 heteroatoms. The van der Waals surface area contributed by atoms with Gasteiger partial charge in [-0.2, -0.15) is 0 Å². The van der Waals surface area contributed by atoms with E-state index >= 15 is 0 Å². The molecule has 1 aromatic heterocycles. The van der Waals surface area contributed by atoms with Crippen LogP contribution in [0.25, 0.3) is 0 Å². The molecule has 136 valence electrons. The molecule has 1 aromatic rings. The maximum Gasteiger partial charge on any atom is 0.267 e. The van der Waals surface area contributed by atoms with Gasteiger partial charge in [0.2, 0.25) is 5.91 Å². The average molecular weight is 362 g/mol. The summed E-state index contributed by atoms with van der Waals surface area (Å²) in [5, 5.41) is 4.11. The molecule has 4 rings (SSSR count). The van der Waals surface area contributed by atoms with E-state index in [0.717, 1.165) is 31.4 Å². The highest BCUT2D eigenvalue weighted by Crippen LogP contribution is 2.30. The third kappa shape index (κ3) is 3.76. The molecule has 3 saturated heterocycles. The van der Waals surface area contributed by atoms with Crippen LogP contribution in [0.15, 0.2) is 11.6 Å². The molecule has 0 radical (unpaired) electrons. The van der Waals surface area contributed by atoms with Crippen LogP contribution in [0.2, 0.25) is 0 Å². The van der Waals surface area contributed by atoms with Gasteiger partial charge in [0.05, 0.1) is 11.6 Å². The molecule has 2 atom stereocenters. The lowest BCUT2D eigenvalue weighted by Crippen LogP contribution is -2.48. The Kier molecular flexibility index (Phi) is 5.51. The highest BCUT2D eigenvalue weighted by Gasteiger charge is 2.42. The van der Waals surface area contributed by atoms with Crippen molar-refractivity contribution in [2.24, 2.45) is 5.92 Å². The van der Waals surface area contributed by atoms with E-state index < -0.39 is 0 Å². The van der Waals surface area contributed by atoms with E-state index in [4.69, 9.17) is 0 Å². The number of carbonyl (C=O) groups is 2. The molecular formula is C18H26N4O2S. The first-order chi connectivity index (χ1) is 12.0. The molecule has 25 heavy (non-hydrogen) atoms. The zero-order valence-electron chi connectivity index (χ0n) is 15.2. The van der Waals surface area contributed by atoms with Crippen molar-refractivity contribution in [3.63, 3.8) is 0 Å². The monoisotopic (exact) mass is 362 g/mol. The van der Waals surface area contributed by atoms with Gasteiger partial charge >= 0.3 is 0 Å². The van der Waals surface area contributed by atoms with Gasteiger partial charge in [0.15, 0.2) is 0 Å². The fraction of sp³-hybridized carbons (Fsp3) is 0.667. The first-order valence-corrected chi connectivity index (χ1v) is 9.83. The lowest BCUT2D eigenvalue weighted by Gasteiger charge is -2.35. The number of aryl methyl sites for hydroxylation is 1. The van der Waals surface area contributed by atoms with Crippen LogP contribution in [0.4, 0.5) is 0 Å². The summed E-state index contributed by atoms with van der Waals surface area (Å²) in [5.74, 6) is 0.108. The minimum atomic E-state index is -0.0798. The number of hydrogen-bond acceptors (Lipinski definition) is 5. The number of rotatable bonds is 5. The van der Waals surface area contributed by atoms with Crippen LogP contribution in [-0.4, -0.2) is 56.9 Å². The van der Waals surface area contributed by atoms with Crippen LogP contribution in [0.1, 0.15) is 55.4 Å². The number of hydrogen-bond donors (Lipinski definition) is 0. The van der Waals surface area contributed by atoms with Gasteiger partial charge < -0.3 is 9.80 Å². The zero-order valence-corrected chi connectivity index (χ0v) is 16.0. The Morgan fingerprint density at radius 3 is 2.84 bits per heavy atom. The molecule has 3 fully saturated rings. The number of fused-ring (bicyclic) bond motifs is 4. The van der Waals surface area contributed by atoms with E-state index in [1.807, 2.05) is 23.6 Å². The smallest absolute Gasteiger partial charge is 0.267 e. The van der Waals surface area contributed by atoms with Crippen LogP contribution >= 0.6 is 11.5 Å². The number of carbonyl (C=O) groups excluding carboxylic acids is 2. The molecular weight excluding hydrogens is 336 g/mol. The number of piperidine rings is 1. The Morgan fingerprint density at radius 2 is 2.12 bits per heavy atom. The van der Waals surface area contributed by atoms with Crippen molar-refractivity contribution in [2.75, 3.05) is 19.6 Å². The third-order valence-corrected chi connectivity index (χ3v) is 5.77. The maximum absolute atomic E-state index is 13.0. The molecule has 2 bridgehead atoms. The summed E-state index contributed by atoms with van der Waals surface area (Å²) >= 11 is 1.18. The Hall–Kier alpha value is -1.76. The van der Waals surface area contributed by atoms with E-state index in [0.29, 0.717) is 24.5 Å². The first-order valence-electron chi connectivity index (χ1n) is 9.05. The van der Waals surface area contributed by atoms with Gasteiger partial charge in [-0.3, -0.25) is 9.59 Å². The van der Waals surface area contributed by atoms with Crippen molar-refractivity contribution < 1.29 is 9.59 Å². The van der Waals surface area contributed by atoms with Gasteiger partial charge in [-0.25, -0.2) is 0 Å². The molecule has 4 heterocycles. The summed E-state index contributed by atoms with van der Waals surface area (Å²) < 4.78 is 3.97. The van der Waals surface area contributed by atoms with Gasteiger partial charge in [-0.15, -0.1) is 5.10 Å². The number of aromatic nitrogens is 2. The molecule has 3 aliphatic rings. The number of nitrogens with zero attached hydrogens (tertiary/aromatic N) is 4. The topological polar surface area (TPSA) is 66.4 Å². The summed E-state index contributed by atoms with van der Waals surface area (Å²) in [6.45, 7) is 7.93. The Balaban J connectivity index is 1.79. The predicted molar refractivity (Wildman–Crippen MR) is 97.5 cm³/mol. The van der Waals surface area contributed by atoms with Crippen LogP contribution in [0, 0.1) is 5.92 Å². The standard InChI is InChI=1S/C18H26N4O2S/c1-4-5-15-16(25-20-19-15)18(24)21-10-13-6-7-14(11-21)22(17(13)23)9-8-12(2)3/h8,13-14H,4-7,9-11H2,1-3H3/t13-,14+/m0/s1. The summed E-state index contributed by atoms with van der Waals surface area (Å²) in [5.41, 5.74) is 2.00. The molecule has 0 N–H and O–H groups in total. The molecule has 0 unspecified atom stereocenters. The average Bonchev–Trinajstić information content (AvgIpc) is 2.86. The van der Waals surface area contributed by atoms with Gasteiger partial charge in [-0.1, -0.05) is 29.5 Å². The second kappa shape index (κ2) is 7.64. The molecule has 0 saturated carbocycles. The lowest BCUT2D eigenvalue weighted by atomic mass is 9.94.